The maximum Gasteiger partial charge on any atom is 0.406 e. The first-order chi connectivity index (χ1) is 12.1. The topological polar surface area (TPSA) is 92.4 Å². The molecule has 0 aromatic carbocycles. The van der Waals surface area contributed by atoms with Gasteiger partial charge in [0.15, 0.2) is 5.69 Å². The number of esters is 2. The number of rotatable bonds is 2. The van der Waals surface area contributed by atoms with Crippen LogP contribution in [0.2, 0.25) is 25.4 Å². The van der Waals surface area contributed by atoms with Gasteiger partial charge in [-0.3, -0.25) is 0 Å². The number of hydrogen-bond acceptors (Lipinski definition) is 6. The number of methoxy groups -OCH3 is 2. The lowest BCUT2D eigenvalue weighted by Crippen LogP contribution is -2.36. The number of aromatic nitrogens is 2. The Morgan fingerprint density at radius 2 is 1.58 bits per heavy atom. The predicted molar refractivity (Wildman–Crippen MR) is 97.4 cm³/mol. The van der Waals surface area contributed by atoms with Crippen molar-refractivity contribution >= 4 is 69.9 Å². The molecule has 12 heteroatoms. The normalized spacial score (nSPS) is 9.81. The van der Waals surface area contributed by atoms with Gasteiger partial charge >= 0.3 is 17.6 Å². The van der Waals surface area contributed by atoms with Crippen molar-refractivity contribution in [3.8, 4) is 0 Å². The molecule has 0 amide bonds. The highest BCUT2D eigenvalue weighted by Gasteiger charge is 2.23. The molecule has 0 aliphatic carbocycles. The first-order valence-electron chi connectivity index (χ1n) is 6.39. The predicted octanol–water partition coefficient (Wildman–Crippen LogP) is 4.24. The third-order valence-electron chi connectivity index (χ3n) is 2.63. The van der Waals surface area contributed by atoms with Gasteiger partial charge in [0.25, 0.3) is 5.15 Å². The molecule has 2 heterocycles. The van der Waals surface area contributed by atoms with Gasteiger partial charge in [0.1, 0.15) is 10.2 Å². The highest BCUT2D eigenvalue weighted by Crippen LogP contribution is 2.27. The molecule has 7 nitrogen and oxygen atoms in total. The van der Waals surface area contributed by atoms with E-state index in [-0.39, 0.29) is 41.5 Å². The fraction of sp³-hybridized carbons (Fsp3) is 0.143. The SMILES string of the molecule is COC(=O)c1c(Cl)ccc(Cl)[n+]1[O-].COC(=O)c1nc(Cl)cc(Cl)c1Cl. The number of carbonyl (C=O) groups excluding carboxylic acids is 2. The summed E-state index contributed by atoms with van der Waals surface area (Å²) in [6.45, 7) is 0. The van der Waals surface area contributed by atoms with Crippen molar-refractivity contribution in [2.75, 3.05) is 14.2 Å². The van der Waals surface area contributed by atoms with Crippen LogP contribution in [-0.2, 0) is 9.47 Å². The van der Waals surface area contributed by atoms with Gasteiger partial charge in [-0.15, -0.1) is 4.73 Å². The van der Waals surface area contributed by atoms with Crippen LogP contribution in [0.3, 0.4) is 0 Å². The Balaban J connectivity index is 0.000000260. The Morgan fingerprint density at radius 1 is 1.00 bits per heavy atom. The van der Waals surface area contributed by atoms with Gasteiger partial charge in [-0.2, -0.15) is 0 Å². The molecule has 0 fully saturated rings. The molecule has 0 saturated heterocycles. The van der Waals surface area contributed by atoms with Crippen LogP contribution in [0, 0.1) is 5.21 Å². The van der Waals surface area contributed by atoms with Gasteiger partial charge in [-0.05, 0) is 23.7 Å². The number of halogens is 5. The highest BCUT2D eigenvalue weighted by molar-refractivity contribution is 6.44. The van der Waals surface area contributed by atoms with Crippen molar-refractivity contribution in [1.29, 1.82) is 0 Å². The molecule has 2 rings (SSSR count). The molecule has 2 aromatic heterocycles. The lowest BCUT2D eigenvalue weighted by atomic mass is 10.3. The molecule has 0 radical (unpaired) electrons. The second-order valence-corrected chi connectivity index (χ2v) is 6.19. The van der Waals surface area contributed by atoms with Crippen molar-refractivity contribution in [2.45, 2.75) is 0 Å². The maximum atomic E-state index is 11.2. The Kier molecular flexibility index (Phi) is 8.66. The zero-order valence-electron chi connectivity index (χ0n) is 13.1. The van der Waals surface area contributed by atoms with Crippen LogP contribution in [0.5, 0.6) is 0 Å². The van der Waals surface area contributed by atoms with Crippen LogP contribution in [0.4, 0.5) is 0 Å². The zero-order chi connectivity index (χ0) is 20.0. The van der Waals surface area contributed by atoms with Crippen molar-refractivity contribution in [2.24, 2.45) is 0 Å². The number of pyridine rings is 2. The molecule has 0 saturated carbocycles. The zero-order valence-corrected chi connectivity index (χ0v) is 16.8. The average molecular weight is 463 g/mol. The fourth-order valence-electron chi connectivity index (χ4n) is 1.47. The van der Waals surface area contributed by atoms with Crippen LogP contribution < -0.4 is 4.73 Å². The van der Waals surface area contributed by atoms with E-state index in [1.807, 2.05) is 0 Å². The number of ether oxygens (including phenoxy) is 2. The van der Waals surface area contributed by atoms with Gasteiger partial charge in [-0.25, -0.2) is 14.6 Å². The van der Waals surface area contributed by atoms with Crippen molar-refractivity contribution in [3.05, 3.63) is 60.2 Å². The van der Waals surface area contributed by atoms with E-state index in [0.717, 1.165) is 7.11 Å². The lowest BCUT2D eigenvalue weighted by Gasteiger charge is -2.04. The molecule has 0 spiro atoms. The first kappa shape index (κ1) is 22.5. The van der Waals surface area contributed by atoms with Crippen LogP contribution in [0.25, 0.3) is 0 Å². The van der Waals surface area contributed by atoms with E-state index in [1.54, 1.807) is 0 Å². The van der Waals surface area contributed by atoms with Crippen molar-refractivity contribution < 1.29 is 23.8 Å². The van der Waals surface area contributed by atoms with Crippen LogP contribution >= 0.6 is 58.0 Å². The summed E-state index contributed by atoms with van der Waals surface area (Å²) >= 11 is 28.0. The second kappa shape index (κ2) is 9.99. The molecule has 0 N–H and O–H groups in total. The average Bonchev–Trinajstić information content (AvgIpc) is 2.61. The summed E-state index contributed by atoms with van der Waals surface area (Å²) in [5.74, 6) is -1.49. The molecule has 0 aliphatic rings. The third-order valence-corrected chi connectivity index (χ3v) is 4.19. The summed E-state index contributed by atoms with van der Waals surface area (Å²) in [6.07, 6.45) is 0. The monoisotopic (exact) mass is 460 g/mol. The summed E-state index contributed by atoms with van der Waals surface area (Å²) < 4.78 is 8.99. The number of nitrogens with zero attached hydrogens (tertiary/aromatic N) is 2. The highest BCUT2D eigenvalue weighted by atomic mass is 35.5. The quantitative estimate of drug-likeness (QED) is 0.287. The fourth-order valence-corrected chi connectivity index (χ4v) is 2.45. The van der Waals surface area contributed by atoms with Gasteiger partial charge in [-0.1, -0.05) is 46.4 Å². The maximum absolute atomic E-state index is 11.2. The van der Waals surface area contributed by atoms with E-state index in [2.05, 4.69) is 14.5 Å². The molecule has 0 bridgehead atoms. The van der Waals surface area contributed by atoms with Crippen molar-refractivity contribution in [1.82, 2.24) is 4.98 Å². The minimum absolute atomic E-state index is 0.00579. The summed E-state index contributed by atoms with van der Waals surface area (Å²) in [5, 5.41) is 11.4. The van der Waals surface area contributed by atoms with E-state index in [9.17, 15) is 14.8 Å². The molecular weight excluding hydrogens is 453 g/mol. The van der Waals surface area contributed by atoms with Crippen LogP contribution in [0.1, 0.15) is 21.0 Å². The molecule has 0 unspecified atom stereocenters. The molecule has 2 aromatic rings. The van der Waals surface area contributed by atoms with Gasteiger partial charge in [0.2, 0.25) is 0 Å². The van der Waals surface area contributed by atoms with Crippen LogP contribution in [-0.4, -0.2) is 31.1 Å². The molecule has 0 atom stereocenters. The Morgan fingerprint density at radius 3 is 2.12 bits per heavy atom. The van der Waals surface area contributed by atoms with E-state index in [0.29, 0.717) is 0 Å². The van der Waals surface area contributed by atoms with Gasteiger partial charge in [0.05, 0.1) is 24.3 Å². The number of carbonyl (C=O) groups is 2. The Hall–Kier alpha value is -1.51. The van der Waals surface area contributed by atoms with Crippen molar-refractivity contribution in [3.63, 3.8) is 0 Å². The smallest absolute Gasteiger partial charge is 0.406 e. The summed E-state index contributed by atoms with van der Waals surface area (Å²) in [6, 6.07) is 3.99. The van der Waals surface area contributed by atoms with E-state index >= 15 is 0 Å². The standard InChI is InChI=1S/C7H4Cl3NO2.C7H5Cl2NO3/c1-13-7(12)6-5(10)3(8)2-4(9)11-6;1-13-7(11)6-4(8)2-3-5(9)10(6)12/h2H,1H3;2-3H,1H3. The minimum atomic E-state index is -0.817. The minimum Gasteiger partial charge on any atom is -0.617 e. The molecule has 140 valence electrons. The molecular formula is C14H9Cl5N2O5. The molecule has 26 heavy (non-hydrogen) atoms. The van der Waals surface area contributed by atoms with Gasteiger partial charge < -0.3 is 14.7 Å². The largest absolute Gasteiger partial charge is 0.617 e. The lowest BCUT2D eigenvalue weighted by molar-refractivity contribution is -0.605. The van der Waals surface area contributed by atoms with E-state index < -0.39 is 11.9 Å². The summed E-state index contributed by atoms with van der Waals surface area (Å²) in [4.78, 5) is 25.8. The Bertz CT molecular complexity index is 847. The van der Waals surface area contributed by atoms with Crippen LogP contribution in [0.15, 0.2) is 18.2 Å². The Labute approximate surface area is 172 Å². The van der Waals surface area contributed by atoms with E-state index in [4.69, 9.17) is 58.0 Å². The summed E-state index contributed by atoms with van der Waals surface area (Å²) in [7, 11) is 2.37. The summed E-state index contributed by atoms with van der Waals surface area (Å²) in [5.41, 5.74) is -0.390. The molecule has 0 aliphatic heterocycles. The van der Waals surface area contributed by atoms with E-state index in [1.165, 1.54) is 25.3 Å². The van der Waals surface area contributed by atoms with Gasteiger partial charge in [0, 0.05) is 6.07 Å². The number of hydrogen-bond donors (Lipinski definition) is 0. The first-order valence-corrected chi connectivity index (χ1v) is 8.28. The third kappa shape index (κ3) is 5.49. The second-order valence-electron chi connectivity index (χ2n) is 4.22.